The minimum absolute atomic E-state index is 0.0584. The number of carbonyl (C=O) groups is 1. The van der Waals surface area contributed by atoms with Crippen LogP contribution in [0.4, 0.5) is 11.8 Å². The number of amides is 1. The number of carbonyl (C=O) groups excluding carboxylic acids is 1. The number of rotatable bonds is 7. The van der Waals surface area contributed by atoms with Crippen LogP contribution in [0.15, 0.2) is 35.1 Å². The van der Waals surface area contributed by atoms with Crippen molar-refractivity contribution >= 4 is 17.7 Å². The van der Waals surface area contributed by atoms with Crippen LogP contribution in [0.5, 0.6) is 0 Å². The van der Waals surface area contributed by atoms with Gasteiger partial charge < -0.3 is 19.5 Å². The van der Waals surface area contributed by atoms with E-state index in [4.69, 9.17) is 4.42 Å². The van der Waals surface area contributed by atoms with Crippen molar-refractivity contribution < 1.29 is 9.21 Å². The number of anilines is 2. The number of nitrogens with zero attached hydrogens (tertiary/aromatic N) is 4. The Bertz CT molecular complexity index is 666. The second-order valence-corrected chi connectivity index (χ2v) is 6.13. The van der Waals surface area contributed by atoms with Gasteiger partial charge in [0.25, 0.3) is 5.91 Å². The summed E-state index contributed by atoms with van der Waals surface area (Å²) in [4.78, 5) is 25.2. The van der Waals surface area contributed by atoms with Gasteiger partial charge in [-0.1, -0.05) is 19.8 Å². The highest BCUT2D eigenvalue weighted by molar-refractivity contribution is 5.91. The van der Waals surface area contributed by atoms with Crippen molar-refractivity contribution in [2.24, 2.45) is 0 Å². The largest absolute Gasteiger partial charge is 0.459 e. The smallest absolute Gasteiger partial charge is 0.289 e. The van der Waals surface area contributed by atoms with E-state index in [9.17, 15) is 4.79 Å². The third kappa shape index (κ3) is 4.49. The zero-order chi connectivity index (χ0) is 17.5. The molecule has 0 spiro atoms. The Balaban J connectivity index is 1.53. The normalized spacial score (nSPS) is 14.6. The molecule has 0 aliphatic carbocycles. The fourth-order valence-corrected chi connectivity index (χ4v) is 2.86. The summed E-state index contributed by atoms with van der Waals surface area (Å²) >= 11 is 0. The van der Waals surface area contributed by atoms with Crippen molar-refractivity contribution in [3.8, 4) is 0 Å². The molecule has 0 atom stereocenters. The van der Waals surface area contributed by atoms with E-state index in [2.05, 4.69) is 27.1 Å². The maximum Gasteiger partial charge on any atom is 0.289 e. The Morgan fingerprint density at radius 3 is 2.80 bits per heavy atom. The Labute approximate surface area is 148 Å². The van der Waals surface area contributed by atoms with E-state index in [1.807, 2.05) is 11.0 Å². The molecule has 25 heavy (non-hydrogen) atoms. The van der Waals surface area contributed by atoms with Gasteiger partial charge in [-0.25, -0.2) is 4.98 Å². The molecule has 2 aromatic rings. The van der Waals surface area contributed by atoms with Crippen molar-refractivity contribution in [1.29, 1.82) is 0 Å². The molecule has 7 heteroatoms. The first-order valence-corrected chi connectivity index (χ1v) is 8.92. The molecular weight excluding hydrogens is 318 g/mol. The number of nitrogens with one attached hydrogen (secondary N) is 1. The second-order valence-electron chi connectivity index (χ2n) is 6.13. The van der Waals surface area contributed by atoms with E-state index in [1.54, 1.807) is 18.3 Å². The van der Waals surface area contributed by atoms with Crippen LogP contribution in [0.3, 0.4) is 0 Å². The maximum absolute atomic E-state index is 12.3. The van der Waals surface area contributed by atoms with Crippen LogP contribution >= 0.6 is 0 Å². The predicted octanol–water partition coefficient (Wildman–Crippen LogP) is 2.63. The van der Waals surface area contributed by atoms with Crippen molar-refractivity contribution in [3.05, 3.63) is 36.4 Å². The van der Waals surface area contributed by atoms with Gasteiger partial charge in [0.1, 0.15) is 5.82 Å². The molecule has 1 aliphatic heterocycles. The number of hydrogen-bond acceptors (Lipinski definition) is 6. The fraction of sp³-hybridized carbons (Fsp3) is 0.500. The molecule has 2 aromatic heterocycles. The van der Waals surface area contributed by atoms with Crippen LogP contribution < -0.4 is 10.2 Å². The first-order chi connectivity index (χ1) is 12.3. The molecule has 1 aliphatic rings. The third-order valence-corrected chi connectivity index (χ3v) is 4.31. The van der Waals surface area contributed by atoms with Crippen molar-refractivity contribution in [2.75, 3.05) is 42.9 Å². The standard InChI is InChI=1S/C18H25N5O2/c1-2-3-4-8-19-16-7-9-20-18(21-16)23-12-10-22(11-13-23)17(24)15-6-5-14-25-15/h5-7,9,14H,2-4,8,10-13H2,1H3,(H,19,20,21). The molecule has 0 aromatic carbocycles. The van der Waals surface area contributed by atoms with Crippen LogP contribution in [-0.2, 0) is 0 Å². The van der Waals surface area contributed by atoms with E-state index in [-0.39, 0.29) is 5.91 Å². The van der Waals surface area contributed by atoms with Gasteiger partial charge >= 0.3 is 0 Å². The molecular formula is C18H25N5O2. The quantitative estimate of drug-likeness (QED) is 0.779. The first-order valence-electron chi connectivity index (χ1n) is 8.92. The first kappa shape index (κ1) is 17.3. The van der Waals surface area contributed by atoms with E-state index in [0.717, 1.165) is 18.8 Å². The number of piperazine rings is 1. The molecule has 3 rings (SSSR count). The lowest BCUT2D eigenvalue weighted by Gasteiger charge is -2.34. The Hall–Kier alpha value is -2.57. The summed E-state index contributed by atoms with van der Waals surface area (Å²) in [5, 5.41) is 3.35. The van der Waals surface area contributed by atoms with E-state index in [1.165, 1.54) is 19.1 Å². The van der Waals surface area contributed by atoms with Gasteiger partial charge in [0.15, 0.2) is 5.76 Å². The molecule has 1 saturated heterocycles. The highest BCUT2D eigenvalue weighted by atomic mass is 16.3. The van der Waals surface area contributed by atoms with Gasteiger partial charge in [0.2, 0.25) is 5.95 Å². The van der Waals surface area contributed by atoms with E-state index < -0.39 is 0 Å². The molecule has 3 heterocycles. The predicted molar refractivity (Wildman–Crippen MR) is 96.9 cm³/mol. The Morgan fingerprint density at radius 2 is 2.08 bits per heavy atom. The maximum atomic E-state index is 12.3. The van der Waals surface area contributed by atoms with Gasteiger partial charge in [0.05, 0.1) is 6.26 Å². The molecule has 0 bridgehead atoms. The van der Waals surface area contributed by atoms with Gasteiger partial charge in [0, 0.05) is 38.9 Å². The summed E-state index contributed by atoms with van der Waals surface area (Å²) in [5.41, 5.74) is 0. The summed E-state index contributed by atoms with van der Waals surface area (Å²) in [6, 6.07) is 5.33. The minimum atomic E-state index is -0.0584. The summed E-state index contributed by atoms with van der Waals surface area (Å²) in [5.74, 6) is 1.90. The Kier molecular flexibility index (Phi) is 5.87. The molecule has 1 N–H and O–H groups in total. The van der Waals surface area contributed by atoms with Crippen LogP contribution in [0.1, 0.15) is 36.7 Å². The van der Waals surface area contributed by atoms with Crippen LogP contribution in [-0.4, -0.2) is 53.5 Å². The highest BCUT2D eigenvalue weighted by Gasteiger charge is 2.24. The molecule has 0 radical (unpaired) electrons. The van der Waals surface area contributed by atoms with Gasteiger partial charge in [-0.15, -0.1) is 0 Å². The van der Waals surface area contributed by atoms with Crippen molar-refractivity contribution in [1.82, 2.24) is 14.9 Å². The molecule has 134 valence electrons. The van der Waals surface area contributed by atoms with E-state index in [0.29, 0.717) is 37.9 Å². The average Bonchev–Trinajstić information content (AvgIpc) is 3.20. The van der Waals surface area contributed by atoms with Crippen LogP contribution in [0, 0.1) is 0 Å². The summed E-state index contributed by atoms with van der Waals surface area (Å²) in [6.45, 7) is 5.82. The van der Waals surface area contributed by atoms with Gasteiger partial charge in [-0.2, -0.15) is 4.98 Å². The monoisotopic (exact) mass is 343 g/mol. The van der Waals surface area contributed by atoms with Gasteiger partial charge in [-0.3, -0.25) is 4.79 Å². The number of furan rings is 1. The number of unbranched alkanes of at least 4 members (excludes halogenated alkanes) is 2. The fourth-order valence-electron chi connectivity index (χ4n) is 2.86. The highest BCUT2D eigenvalue weighted by Crippen LogP contribution is 2.15. The SMILES string of the molecule is CCCCCNc1ccnc(N2CCN(C(=O)c3ccco3)CC2)n1. The summed E-state index contributed by atoms with van der Waals surface area (Å²) in [7, 11) is 0. The van der Waals surface area contributed by atoms with Gasteiger partial charge in [-0.05, 0) is 24.6 Å². The second kappa shape index (κ2) is 8.50. The lowest BCUT2D eigenvalue weighted by atomic mass is 10.2. The number of hydrogen-bond donors (Lipinski definition) is 1. The lowest BCUT2D eigenvalue weighted by molar-refractivity contribution is 0.0714. The summed E-state index contributed by atoms with van der Waals surface area (Å²) < 4.78 is 5.19. The average molecular weight is 343 g/mol. The van der Waals surface area contributed by atoms with Crippen molar-refractivity contribution in [3.63, 3.8) is 0 Å². The molecule has 0 saturated carbocycles. The molecule has 1 amide bonds. The lowest BCUT2D eigenvalue weighted by Crippen LogP contribution is -2.49. The molecule has 1 fully saturated rings. The number of aromatic nitrogens is 2. The minimum Gasteiger partial charge on any atom is -0.459 e. The molecule has 7 nitrogen and oxygen atoms in total. The van der Waals surface area contributed by atoms with E-state index >= 15 is 0 Å². The topological polar surface area (TPSA) is 74.5 Å². The van der Waals surface area contributed by atoms with Crippen molar-refractivity contribution in [2.45, 2.75) is 26.2 Å². The Morgan fingerprint density at radius 1 is 1.24 bits per heavy atom. The zero-order valence-corrected chi connectivity index (χ0v) is 14.6. The summed E-state index contributed by atoms with van der Waals surface area (Å²) in [6.07, 6.45) is 6.87. The third-order valence-electron chi connectivity index (χ3n) is 4.31. The van der Waals surface area contributed by atoms with Crippen LogP contribution in [0.2, 0.25) is 0 Å². The molecule has 0 unspecified atom stereocenters. The zero-order valence-electron chi connectivity index (χ0n) is 14.6. The van der Waals surface area contributed by atoms with Crippen LogP contribution in [0.25, 0.3) is 0 Å².